The highest BCUT2D eigenvalue weighted by molar-refractivity contribution is 5.70. The van der Waals surface area contributed by atoms with Crippen LogP contribution in [0.3, 0.4) is 0 Å². The Hall–Kier alpha value is -1.35. The molecule has 0 bridgehead atoms. The predicted octanol–water partition coefficient (Wildman–Crippen LogP) is 1.18. The van der Waals surface area contributed by atoms with Crippen LogP contribution in [0.2, 0.25) is 0 Å². The minimum absolute atomic E-state index is 0.217. The van der Waals surface area contributed by atoms with Crippen LogP contribution in [-0.4, -0.2) is 18.1 Å². The third kappa shape index (κ3) is 3.25. The van der Waals surface area contributed by atoms with Crippen LogP contribution in [0, 0.1) is 0 Å². The van der Waals surface area contributed by atoms with Gasteiger partial charge in [-0.3, -0.25) is 4.79 Å². The number of carbonyl (C=O) groups is 1. The zero-order chi connectivity index (χ0) is 9.52. The van der Waals surface area contributed by atoms with Gasteiger partial charge in [0.2, 0.25) is 6.41 Å². The summed E-state index contributed by atoms with van der Waals surface area (Å²) >= 11 is 0. The highest BCUT2D eigenvalue weighted by Crippen LogP contribution is 2.09. The quantitative estimate of drug-likeness (QED) is 0.667. The summed E-state index contributed by atoms with van der Waals surface area (Å²) in [7, 11) is 0. The minimum Gasteiger partial charge on any atom is -0.396 e. The first kappa shape index (κ1) is 9.74. The van der Waals surface area contributed by atoms with Crippen LogP contribution in [0.1, 0.15) is 12.0 Å². The maximum atomic E-state index is 10.1. The number of hydrogen-bond donors (Lipinski definition) is 2. The van der Waals surface area contributed by atoms with Gasteiger partial charge in [0.25, 0.3) is 0 Å². The molecule has 1 rings (SSSR count). The third-order valence-electron chi connectivity index (χ3n) is 1.80. The van der Waals surface area contributed by atoms with Crippen molar-refractivity contribution in [2.75, 3.05) is 11.9 Å². The summed E-state index contributed by atoms with van der Waals surface area (Å²) in [5.41, 5.74) is 1.97. The number of amides is 1. The van der Waals surface area contributed by atoms with E-state index in [1.165, 1.54) is 5.56 Å². The van der Waals surface area contributed by atoms with Gasteiger partial charge in [-0.15, -0.1) is 0 Å². The zero-order valence-electron chi connectivity index (χ0n) is 7.36. The third-order valence-corrected chi connectivity index (χ3v) is 1.80. The van der Waals surface area contributed by atoms with Crippen molar-refractivity contribution in [1.82, 2.24) is 0 Å². The molecule has 0 radical (unpaired) electrons. The van der Waals surface area contributed by atoms with Crippen LogP contribution < -0.4 is 5.32 Å². The maximum absolute atomic E-state index is 10.1. The van der Waals surface area contributed by atoms with Crippen LogP contribution >= 0.6 is 0 Å². The predicted molar refractivity (Wildman–Crippen MR) is 51.5 cm³/mol. The lowest BCUT2D eigenvalue weighted by Gasteiger charge is -2.01. The zero-order valence-corrected chi connectivity index (χ0v) is 7.36. The Morgan fingerprint density at radius 3 is 2.54 bits per heavy atom. The molecular formula is C10H13NO2. The highest BCUT2D eigenvalue weighted by Gasteiger charge is 1.93. The molecule has 0 saturated heterocycles. The number of benzene rings is 1. The Bertz CT molecular complexity index is 256. The molecular weight excluding hydrogens is 166 g/mol. The first-order chi connectivity index (χ1) is 6.36. The molecule has 0 aromatic heterocycles. The lowest BCUT2D eigenvalue weighted by atomic mass is 10.1. The van der Waals surface area contributed by atoms with Crippen molar-refractivity contribution in [3.8, 4) is 0 Å². The molecule has 1 aromatic rings. The summed E-state index contributed by atoms with van der Waals surface area (Å²) in [5, 5.41) is 11.2. The SMILES string of the molecule is O=CNc1ccc(CCCO)cc1. The number of hydrogen-bond acceptors (Lipinski definition) is 2. The number of anilines is 1. The molecule has 70 valence electrons. The molecule has 13 heavy (non-hydrogen) atoms. The normalized spacial score (nSPS) is 9.62. The number of rotatable bonds is 5. The Balaban J connectivity index is 2.53. The molecule has 0 saturated carbocycles. The summed E-state index contributed by atoms with van der Waals surface area (Å²) in [6.45, 7) is 0.217. The Morgan fingerprint density at radius 1 is 1.31 bits per heavy atom. The molecule has 1 amide bonds. The number of aliphatic hydroxyl groups is 1. The van der Waals surface area contributed by atoms with Gasteiger partial charge < -0.3 is 10.4 Å². The van der Waals surface area contributed by atoms with Crippen molar-refractivity contribution in [1.29, 1.82) is 0 Å². The van der Waals surface area contributed by atoms with E-state index >= 15 is 0 Å². The molecule has 1 aromatic carbocycles. The van der Waals surface area contributed by atoms with Crippen molar-refractivity contribution in [2.24, 2.45) is 0 Å². The first-order valence-corrected chi connectivity index (χ1v) is 4.27. The largest absolute Gasteiger partial charge is 0.396 e. The lowest BCUT2D eigenvalue weighted by Crippen LogP contribution is -1.94. The van der Waals surface area contributed by atoms with Crippen molar-refractivity contribution < 1.29 is 9.90 Å². The standard InChI is InChI=1S/C10H13NO2/c12-7-1-2-9-3-5-10(6-4-9)11-8-13/h3-6,8,12H,1-2,7H2,(H,11,13). The van der Waals surface area contributed by atoms with Gasteiger partial charge in [0.1, 0.15) is 0 Å². The van der Waals surface area contributed by atoms with Crippen LogP contribution in [0.4, 0.5) is 5.69 Å². The van der Waals surface area contributed by atoms with Crippen molar-refractivity contribution in [3.05, 3.63) is 29.8 Å². The van der Waals surface area contributed by atoms with E-state index in [0.717, 1.165) is 18.5 Å². The minimum atomic E-state index is 0.217. The van der Waals surface area contributed by atoms with Gasteiger partial charge in [0.15, 0.2) is 0 Å². The molecule has 0 atom stereocenters. The summed E-state index contributed by atoms with van der Waals surface area (Å²) in [6, 6.07) is 7.59. The van der Waals surface area contributed by atoms with Crippen LogP contribution in [0.15, 0.2) is 24.3 Å². The van der Waals surface area contributed by atoms with Gasteiger partial charge >= 0.3 is 0 Å². The number of aryl methyl sites for hydroxylation is 1. The van der Waals surface area contributed by atoms with Crippen molar-refractivity contribution in [3.63, 3.8) is 0 Å². The Morgan fingerprint density at radius 2 is 2.00 bits per heavy atom. The van der Waals surface area contributed by atoms with E-state index in [1.54, 1.807) is 0 Å². The topological polar surface area (TPSA) is 49.3 Å². The van der Waals surface area contributed by atoms with Crippen molar-refractivity contribution in [2.45, 2.75) is 12.8 Å². The van der Waals surface area contributed by atoms with E-state index in [0.29, 0.717) is 6.41 Å². The second-order valence-corrected chi connectivity index (χ2v) is 2.79. The fourth-order valence-electron chi connectivity index (χ4n) is 1.12. The molecule has 0 fully saturated rings. The molecule has 0 aliphatic rings. The molecule has 3 nitrogen and oxygen atoms in total. The number of aliphatic hydroxyl groups excluding tert-OH is 1. The summed E-state index contributed by atoms with van der Waals surface area (Å²) < 4.78 is 0. The lowest BCUT2D eigenvalue weighted by molar-refractivity contribution is -0.105. The average molecular weight is 179 g/mol. The monoisotopic (exact) mass is 179 g/mol. The van der Waals surface area contributed by atoms with Crippen LogP contribution in [0.5, 0.6) is 0 Å². The average Bonchev–Trinajstić information content (AvgIpc) is 2.17. The highest BCUT2D eigenvalue weighted by atomic mass is 16.2. The van der Waals surface area contributed by atoms with E-state index in [9.17, 15) is 4.79 Å². The molecule has 0 unspecified atom stereocenters. The van der Waals surface area contributed by atoms with Gasteiger partial charge in [0.05, 0.1) is 0 Å². The van der Waals surface area contributed by atoms with Gasteiger partial charge in [-0.2, -0.15) is 0 Å². The fourth-order valence-corrected chi connectivity index (χ4v) is 1.12. The van der Waals surface area contributed by atoms with E-state index in [2.05, 4.69) is 5.32 Å². The number of nitrogens with one attached hydrogen (secondary N) is 1. The van der Waals surface area contributed by atoms with Crippen LogP contribution in [-0.2, 0) is 11.2 Å². The van der Waals surface area contributed by atoms with Gasteiger partial charge in [-0.25, -0.2) is 0 Å². The van der Waals surface area contributed by atoms with E-state index in [4.69, 9.17) is 5.11 Å². The smallest absolute Gasteiger partial charge is 0.211 e. The van der Waals surface area contributed by atoms with E-state index in [1.807, 2.05) is 24.3 Å². The second-order valence-electron chi connectivity index (χ2n) is 2.79. The van der Waals surface area contributed by atoms with Crippen LogP contribution in [0.25, 0.3) is 0 Å². The summed E-state index contributed by atoms with van der Waals surface area (Å²) in [4.78, 5) is 10.1. The first-order valence-electron chi connectivity index (χ1n) is 4.27. The molecule has 0 aliphatic heterocycles. The van der Waals surface area contributed by atoms with Gasteiger partial charge in [0, 0.05) is 12.3 Å². The van der Waals surface area contributed by atoms with E-state index in [-0.39, 0.29) is 6.61 Å². The Kier molecular flexibility index (Phi) is 3.99. The summed E-state index contributed by atoms with van der Waals surface area (Å²) in [5.74, 6) is 0. The van der Waals surface area contributed by atoms with Gasteiger partial charge in [-0.05, 0) is 30.5 Å². The van der Waals surface area contributed by atoms with Crippen molar-refractivity contribution >= 4 is 12.1 Å². The molecule has 2 N–H and O–H groups in total. The second kappa shape index (κ2) is 5.32. The summed E-state index contributed by atoms with van der Waals surface area (Å²) in [6.07, 6.45) is 2.31. The molecule has 3 heteroatoms. The Labute approximate surface area is 77.4 Å². The van der Waals surface area contributed by atoms with E-state index < -0.39 is 0 Å². The molecule has 0 spiro atoms. The van der Waals surface area contributed by atoms with Gasteiger partial charge in [-0.1, -0.05) is 12.1 Å². The number of carbonyl (C=O) groups excluding carboxylic acids is 1. The molecule has 0 aliphatic carbocycles. The fraction of sp³-hybridized carbons (Fsp3) is 0.300. The molecule has 0 heterocycles. The maximum Gasteiger partial charge on any atom is 0.211 e.